The smallest absolute Gasteiger partial charge is 0.389 e. The molecular weight excluding hydrogens is 380 g/mol. The lowest BCUT2D eigenvalue weighted by Gasteiger charge is -2.36. The molecule has 2 rings (SSSR count). The lowest BCUT2D eigenvalue weighted by molar-refractivity contribution is -0.138. The van der Waals surface area contributed by atoms with Crippen LogP contribution in [0.4, 0.5) is 13.2 Å². The van der Waals surface area contributed by atoms with Crippen molar-refractivity contribution in [3.63, 3.8) is 0 Å². The number of methoxy groups -OCH3 is 2. The van der Waals surface area contributed by atoms with E-state index in [-0.39, 0.29) is 37.3 Å². The summed E-state index contributed by atoms with van der Waals surface area (Å²) in [6.45, 7) is 3.00. The first-order valence-electron chi connectivity index (χ1n) is 7.68. The summed E-state index contributed by atoms with van der Waals surface area (Å²) < 4.78 is 48.7. The molecule has 1 aromatic carbocycles. The number of halogens is 5. The van der Waals surface area contributed by atoms with Gasteiger partial charge in [0.15, 0.2) is 0 Å². The van der Waals surface area contributed by atoms with Gasteiger partial charge in [-0.15, -0.1) is 24.8 Å². The lowest BCUT2D eigenvalue weighted by Crippen LogP contribution is -2.45. The van der Waals surface area contributed by atoms with Crippen molar-refractivity contribution in [2.75, 3.05) is 40.4 Å². The van der Waals surface area contributed by atoms with E-state index < -0.39 is 12.6 Å². The highest BCUT2D eigenvalue weighted by Crippen LogP contribution is 2.37. The second-order valence-corrected chi connectivity index (χ2v) is 5.56. The Morgan fingerprint density at radius 2 is 1.76 bits per heavy atom. The SMILES string of the molecule is COc1ccc([C@@H](CCC(F)(F)F)N2CCNCC2)c(OC)c1.Cl.Cl. The minimum absolute atomic E-state index is 0. The molecule has 0 aliphatic carbocycles. The van der Waals surface area contributed by atoms with Gasteiger partial charge in [0, 0.05) is 50.3 Å². The van der Waals surface area contributed by atoms with Crippen LogP contribution in [0.15, 0.2) is 18.2 Å². The van der Waals surface area contributed by atoms with Crippen LogP contribution in [0.3, 0.4) is 0 Å². The fourth-order valence-electron chi connectivity index (χ4n) is 2.92. The molecule has 1 atom stereocenters. The van der Waals surface area contributed by atoms with E-state index in [4.69, 9.17) is 9.47 Å². The van der Waals surface area contributed by atoms with Crippen LogP contribution in [0, 0.1) is 0 Å². The summed E-state index contributed by atoms with van der Waals surface area (Å²) in [7, 11) is 3.07. The van der Waals surface area contributed by atoms with Crippen LogP contribution in [0.25, 0.3) is 0 Å². The average molecular weight is 405 g/mol. The van der Waals surface area contributed by atoms with Crippen molar-refractivity contribution in [2.24, 2.45) is 0 Å². The first-order valence-corrected chi connectivity index (χ1v) is 7.68. The summed E-state index contributed by atoms with van der Waals surface area (Å²) in [6, 6.07) is 4.97. The predicted octanol–water partition coefficient (Wildman–Crippen LogP) is 3.84. The molecule has 0 amide bonds. The van der Waals surface area contributed by atoms with Gasteiger partial charge in [0.2, 0.25) is 0 Å². The van der Waals surface area contributed by atoms with Crippen molar-refractivity contribution in [2.45, 2.75) is 25.1 Å². The number of hydrogen-bond donors (Lipinski definition) is 1. The van der Waals surface area contributed by atoms with Crippen LogP contribution in [-0.2, 0) is 0 Å². The van der Waals surface area contributed by atoms with Crippen molar-refractivity contribution in [1.29, 1.82) is 0 Å². The Labute approximate surface area is 158 Å². The minimum atomic E-state index is -4.16. The van der Waals surface area contributed by atoms with Crippen LogP contribution >= 0.6 is 24.8 Å². The first-order chi connectivity index (χ1) is 10.9. The third-order valence-electron chi connectivity index (χ3n) is 4.09. The normalized spacial score (nSPS) is 16.4. The molecule has 146 valence electrons. The fourth-order valence-corrected chi connectivity index (χ4v) is 2.92. The first kappa shape index (κ1) is 24.1. The van der Waals surface area contributed by atoms with Crippen LogP contribution in [0.2, 0.25) is 0 Å². The van der Waals surface area contributed by atoms with Crippen LogP contribution in [-0.4, -0.2) is 51.5 Å². The summed E-state index contributed by atoms with van der Waals surface area (Å²) in [6.07, 6.45) is -4.95. The van der Waals surface area contributed by atoms with Gasteiger partial charge in [-0.3, -0.25) is 4.90 Å². The van der Waals surface area contributed by atoms with E-state index in [1.807, 2.05) is 0 Å². The molecular formula is C16H25Cl2F3N2O2. The molecule has 0 bridgehead atoms. The van der Waals surface area contributed by atoms with Crippen molar-refractivity contribution < 1.29 is 22.6 Å². The number of piperazine rings is 1. The highest BCUT2D eigenvalue weighted by molar-refractivity contribution is 5.85. The summed E-state index contributed by atoms with van der Waals surface area (Å²) in [5.74, 6) is 1.19. The molecule has 4 nitrogen and oxygen atoms in total. The number of nitrogens with one attached hydrogen (secondary N) is 1. The third-order valence-corrected chi connectivity index (χ3v) is 4.09. The second kappa shape index (κ2) is 11.0. The summed E-state index contributed by atoms with van der Waals surface area (Å²) in [5.41, 5.74) is 0.777. The number of benzene rings is 1. The largest absolute Gasteiger partial charge is 0.497 e. The zero-order chi connectivity index (χ0) is 16.9. The standard InChI is InChI=1S/C16H23F3N2O2.2ClH/c1-22-12-3-4-13(15(11-12)23-2)14(5-6-16(17,18)19)21-9-7-20-8-10-21;;/h3-4,11,14,20H,5-10H2,1-2H3;2*1H/t14-;;/m1../s1. The van der Waals surface area contributed by atoms with Gasteiger partial charge in [0.25, 0.3) is 0 Å². The van der Waals surface area contributed by atoms with E-state index in [2.05, 4.69) is 10.2 Å². The molecule has 1 aliphatic heterocycles. The van der Waals surface area contributed by atoms with Crippen LogP contribution < -0.4 is 14.8 Å². The van der Waals surface area contributed by atoms with E-state index >= 15 is 0 Å². The Kier molecular flexibility index (Phi) is 10.6. The van der Waals surface area contributed by atoms with Crippen LogP contribution in [0.5, 0.6) is 11.5 Å². The molecule has 0 aromatic heterocycles. The monoisotopic (exact) mass is 404 g/mol. The summed E-state index contributed by atoms with van der Waals surface area (Å²) in [5, 5.41) is 3.23. The van der Waals surface area contributed by atoms with E-state index in [1.165, 1.54) is 7.11 Å². The van der Waals surface area contributed by atoms with Gasteiger partial charge in [-0.25, -0.2) is 0 Å². The highest BCUT2D eigenvalue weighted by Gasteiger charge is 2.32. The molecule has 1 N–H and O–H groups in total. The van der Waals surface area contributed by atoms with Crippen molar-refractivity contribution >= 4 is 24.8 Å². The Morgan fingerprint density at radius 1 is 1.12 bits per heavy atom. The maximum Gasteiger partial charge on any atom is 0.389 e. The molecule has 0 spiro atoms. The molecule has 25 heavy (non-hydrogen) atoms. The molecule has 1 saturated heterocycles. The number of rotatable bonds is 6. The molecule has 0 saturated carbocycles. The second-order valence-electron chi connectivity index (χ2n) is 5.56. The lowest BCUT2D eigenvalue weighted by atomic mass is 9.98. The molecule has 1 aromatic rings. The molecule has 1 fully saturated rings. The maximum atomic E-state index is 12.7. The zero-order valence-electron chi connectivity index (χ0n) is 14.3. The molecule has 9 heteroatoms. The van der Waals surface area contributed by atoms with E-state index in [9.17, 15) is 13.2 Å². The Bertz CT molecular complexity index is 513. The van der Waals surface area contributed by atoms with E-state index in [0.29, 0.717) is 11.5 Å². The minimum Gasteiger partial charge on any atom is -0.497 e. The average Bonchev–Trinajstić information content (AvgIpc) is 2.55. The van der Waals surface area contributed by atoms with Gasteiger partial charge in [-0.1, -0.05) is 6.07 Å². The van der Waals surface area contributed by atoms with E-state index in [0.717, 1.165) is 31.7 Å². The Hall–Kier alpha value is -0.890. The number of nitrogens with zero attached hydrogens (tertiary/aromatic N) is 1. The van der Waals surface area contributed by atoms with Gasteiger partial charge >= 0.3 is 6.18 Å². The van der Waals surface area contributed by atoms with Gasteiger partial charge in [0.1, 0.15) is 11.5 Å². The number of hydrogen-bond acceptors (Lipinski definition) is 4. The molecule has 1 heterocycles. The topological polar surface area (TPSA) is 33.7 Å². The van der Waals surface area contributed by atoms with Gasteiger partial charge in [0.05, 0.1) is 14.2 Å². The van der Waals surface area contributed by atoms with Crippen molar-refractivity contribution in [3.05, 3.63) is 23.8 Å². The quantitative estimate of drug-likeness (QED) is 0.780. The molecule has 0 radical (unpaired) electrons. The number of alkyl halides is 3. The predicted molar refractivity (Wildman–Crippen MR) is 96.5 cm³/mol. The summed E-state index contributed by atoms with van der Waals surface area (Å²) >= 11 is 0. The van der Waals surface area contributed by atoms with Crippen molar-refractivity contribution in [1.82, 2.24) is 10.2 Å². The molecule has 0 unspecified atom stereocenters. The Balaban J connectivity index is 0.00000288. The fraction of sp³-hybridized carbons (Fsp3) is 0.625. The van der Waals surface area contributed by atoms with Crippen molar-refractivity contribution in [3.8, 4) is 11.5 Å². The zero-order valence-corrected chi connectivity index (χ0v) is 15.9. The molecule has 1 aliphatic rings. The summed E-state index contributed by atoms with van der Waals surface area (Å²) in [4.78, 5) is 2.09. The van der Waals surface area contributed by atoms with Crippen LogP contribution in [0.1, 0.15) is 24.4 Å². The maximum absolute atomic E-state index is 12.7. The third kappa shape index (κ3) is 7.09. The number of ether oxygens (including phenoxy) is 2. The van der Waals surface area contributed by atoms with Gasteiger partial charge < -0.3 is 14.8 Å². The highest BCUT2D eigenvalue weighted by atomic mass is 35.5. The van der Waals surface area contributed by atoms with E-state index in [1.54, 1.807) is 25.3 Å². The van der Waals surface area contributed by atoms with Gasteiger partial charge in [-0.05, 0) is 12.5 Å². The Morgan fingerprint density at radius 3 is 2.28 bits per heavy atom. The van der Waals surface area contributed by atoms with Gasteiger partial charge in [-0.2, -0.15) is 13.2 Å².